The Morgan fingerprint density at radius 1 is 1.28 bits per heavy atom. The Labute approximate surface area is 103 Å². The largest absolute Gasteiger partial charge is 0.305 e. The number of carbonyl (C=O) groups excluding carboxylic acids is 1. The zero-order valence-electron chi connectivity index (χ0n) is 9.45. The molecule has 2 N–H and O–H groups in total. The van der Waals surface area contributed by atoms with Gasteiger partial charge in [0.1, 0.15) is 0 Å². The molecule has 1 unspecified atom stereocenters. The monoisotopic (exact) mass is 238 g/mol. The van der Waals surface area contributed by atoms with E-state index in [1.54, 1.807) is 12.2 Å². The van der Waals surface area contributed by atoms with Crippen LogP contribution in [-0.4, -0.2) is 16.8 Å². The van der Waals surface area contributed by atoms with Crippen LogP contribution >= 0.6 is 0 Å². The Balaban J connectivity index is 2.20. The summed E-state index contributed by atoms with van der Waals surface area (Å²) in [6.45, 7) is 0. The molecule has 1 heterocycles. The first-order valence-corrected chi connectivity index (χ1v) is 5.52. The number of nitrogens with zero attached hydrogens (tertiary/aromatic N) is 3. The van der Waals surface area contributed by atoms with E-state index in [4.69, 9.17) is 5.84 Å². The van der Waals surface area contributed by atoms with Crippen molar-refractivity contribution in [2.45, 2.75) is 6.04 Å². The van der Waals surface area contributed by atoms with Gasteiger partial charge in [0.05, 0.1) is 11.2 Å². The number of Topliss-reactive ketones (excluding diaryl/α,β-unsaturated/α-hetero) is 1. The summed E-state index contributed by atoms with van der Waals surface area (Å²) < 4.78 is 0. The Hall–Kier alpha value is -2.56. The van der Waals surface area contributed by atoms with Crippen LogP contribution in [-0.2, 0) is 0 Å². The van der Waals surface area contributed by atoms with E-state index in [2.05, 4.69) is 15.3 Å². The van der Waals surface area contributed by atoms with E-state index in [0.29, 0.717) is 11.3 Å². The van der Waals surface area contributed by atoms with Crippen LogP contribution in [0.3, 0.4) is 0 Å². The third kappa shape index (κ3) is 1.57. The van der Waals surface area contributed by atoms with Gasteiger partial charge in [-0.15, -0.1) is 0 Å². The summed E-state index contributed by atoms with van der Waals surface area (Å²) in [6.07, 6.45) is 3.44. The molecule has 3 rings (SSSR count). The molecule has 1 aromatic heterocycles. The van der Waals surface area contributed by atoms with Crippen molar-refractivity contribution in [2.75, 3.05) is 0 Å². The summed E-state index contributed by atoms with van der Waals surface area (Å²) >= 11 is 0. The van der Waals surface area contributed by atoms with Crippen LogP contribution in [0.25, 0.3) is 17.0 Å². The lowest BCUT2D eigenvalue weighted by Crippen LogP contribution is -2.21. The Morgan fingerprint density at radius 3 is 2.94 bits per heavy atom. The molecular weight excluding hydrogens is 228 g/mol. The van der Waals surface area contributed by atoms with Crippen LogP contribution in [0.15, 0.2) is 46.7 Å². The summed E-state index contributed by atoms with van der Waals surface area (Å²) in [5.41, 5.74) is 2.10. The van der Waals surface area contributed by atoms with E-state index in [0.717, 1.165) is 10.9 Å². The first kappa shape index (κ1) is 10.6. The van der Waals surface area contributed by atoms with Gasteiger partial charge in [-0.25, -0.2) is 4.98 Å². The number of para-hydroxylation sites is 1. The van der Waals surface area contributed by atoms with Crippen molar-refractivity contribution in [3.8, 4) is 0 Å². The number of hydrogen-bond donors (Lipinski definition) is 1. The molecule has 88 valence electrons. The quantitative estimate of drug-likeness (QED) is 0.469. The van der Waals surface area contributed by atoms with Crippen LogP contribution in [0.2, 0.25) is 0 Å². The maximum Gasteiger partial charge on any atom is 0.195 e. The van der Waals surface area contributed by atoms with E-state index in [1.165, 1.54) is 0 Å². The zero-order valence-corrected chi connectivity index (χ0v) is 9.45. The van der Waals surface area contributed by atoms with Gasteiger partial charge in [-0.05, 0) is 24.3 Å². The smallest absolute Gasteiger partial charge is 0.195 e. The van der Waals surface area contributed by atoms with E-state index in [9.17, 15) is 4.79 Å². The molecule has 0 spiro atoms. The summed E-state index contributed by atoms with van der Waals surface area (Å²) in [5.74, 6) is 4.86. The number of carbonyl (C=O) groups is 1. The van der Waals surface area contributed by atoms with Gasteiger partial charge in [0.25, 0.3) is 0 Å². The maximum atomic E-state index is 12.1. The number of benzene rings is 1. The van der Waals surface area contributed by atoms with E-state index < -0.39 is 6.04 Å². The van der Waals surface area contributed by atoms with E-state index in [-0.39, 0.29) is 5.78 Å². The third-order valence-corrected chi connectivity index (χ3v) is 2.91. The van der Waals surface area contributed by atoms with E-state index in [1.807, 2.05) is 30.3 Å². The predicted octanol–water partition coefficient (Wildman–Crippen LogP) is 2.14. The van der Waals surface area contributed by atoms with Crippen LogP contribution in [0, 0.1) is 0 Å². The van der Waals surface area contributed by atoms with Crippen molar-refractivity contribution in [3.63, 3.8) is 0 Å². The highest BCUT2D eigenvalue weighted by atomic mass is 16.1. The molecule has 5 heteroatoms. The molecule has 1 aliphatic rings. The highest BCUT2D eigenvalue weighted by Crippen LogP contribution is 2.23. The summed E-state index contributed by atoms with van der Waals surface area (Å²) in [7, 11) is 0. The summed E-state index contributed by atoms with van der Waals surface area (Å²) in [4.78, 5) is 16.6. The molecule has 1 aromatic carbocycles. The van der Waals surface area contributed by atoms with Gasteiger partial charge in [-0.2, -0.15) is 5.11 Å². The lowest BCUT2D eigenvalue weighted by Gasteiger charge is -2.14. The number of rotatable bonds is 1. The molecule has 2 aromatic rings. The molecule has 18 heavy (non-hydrogen) atoms. The first-order valence-electron chi connectivity index (χ1n) is 5.52. The second-order valence-electron chi connectivity index (χ2n) is 4.01. The maximum absolute atomic E-state index is 12.1. The Bertz CT molecular complexity index is 690. The van der Waals surface area contributed by atoms with Crippen molar-refractivity contribution < 1.29 is 4.79 Å². The molecular formula is C13H10N4O. The topological polar surface area (TPSA) is 80.7 Å². The number of ketones is 1. The molecule has 0 aliphatic heterocycles. The zero-order chi connectivity index (χ0) is 12.5. The summed E-state index contributed by atoms with van der Waals surface area (Å²) in [5, 5.41) is 7.79. The fourth-order valence-electron chi connectivity index (χ4n) is 2.05. The van der Waals surface area contributed by atoms with Crippen molar-refractivity contribution >= 4 is 22.8 Å². The van der Waals surface area contributed by atoms with Crippen molar-refractivity contribution in [1.29, 1.82) is 0 Å². The van der Waals surface area contributed by atoms with Gasteiger partial charge in [-0.1, -0.05) is 23.4 Å². The number of pyridine rings is 1. The van der Waals surface area contributed by atoms with Crippen LogP contribution in [0.5, 0.6) is 0 Å². The predicted molar refractivity (Wildman–Crippen MR) is 67.9 cm³/mol. The molecule has 0 saturated carbocycles. The van der Waals surface area contributed by atoms with Gasteiger partial charge in [0.2, 0.25) is 0 Å². The number of nitrogens with two attached hydrogens (primary N) is 1. The fourth-order valence-corrected chi connectivity index (χ4v) is 2.05. The van der Waals surface area contributed by atoms with Crippen molar-refractivity contribution in [3.05, 3.63) is 47.7 Å². The van der Waals surface area contributed by atoms with E-state index >= 15 is 0 Å². The third-order valence-electron chi connectivity index (χ3n) is 2.91. The van der Waals surface area contributed by atoms with Crippen LogP contribution in [0.4, 0.5) is 0 Å². The van der Waals surface area contributed by atoms with Gasteiger partial charge >= 0.3 is 0 Å². The van der Waals surface area contributed by atoms with Gasteiger partial charge in [-0.3, -0.25) is 4.79 Å². The number of fused-ring (bicyclic) bond motifs is 2. The molecule has 1 aliphatic carbocycles. The molecule has 0 bridgehead atoms. The normalized spacial score (nSPS) is 18.4. The summed E-state index contributed by atoms with van der Waals surface area (Å²) in [6, 6.07) is 8.87. The molecule has 0 radical (unpaired) electrons. The minimum atomic E-state index is -0.634. The van der Waals surface area contributed by atoms with Crippen molar-refractivity contribution in [2.24, 2.45) is 16.2 Å². The number of hydrogen-bond acceptors (Lipinski definition) is 4. The molecule has 1 atom stereocenters. The fraction of sp³-hybridized carbons (Fsp3) is 0.0769. The van der Waals surface area contributed by atoms with Crippen LogP contribution in [0.1, 0.15) is 16.1 Å². The number of aromatic nitrogens is 1. The molecule has 0 amide bonds. The molecule has 5 nitrogen and oxygen atoms in total. The van der Waals surface area contributed by atoms with Gasteiger partial charge in [0.15, 0.2) is 11.8 Å². The first-order chi connectivity index (χ1) is 8.79. The lowest BCUT2D eigenvalue weighted by molar-refractivity contribution is 0.0974. The van der Waals surface area contributed by atoms with Crippen molar-refractivity contribution in [1.82, 2.24) is 4.98 Å². The van der Waals surface area contributed by atoms with Gasteiger partial charge < -0.3 is 5.84 Å². The average molecular weight is 238 g/mol. The average Bonchev–Trinajstić information content (AvgIpc) is 2.41. The lowest BCUT2D eigenvalue weighted by atomic mass is 9.95. The Morgan fingerprint density at radius 2 is 2.11 bits per heavy atom. The molecule has 0 fully saturated rings. The highest BCUT2D eigenvalue weighted by Gasteiger charge is 2.24. The highest BCUT2D eigenvalue weighted by molar-refractivity contribution is 6.08. The second kappa shape index (κ2) is 4.03. The minimum absolute atomic E-state index is 0.125. The second-order valence-corrected chi connectivity index (χ2v) is 4.01. The molecule has 0 saturated heterocycles. The van der Waals surface area contributed by atoms with Gasteiger partial charge in [0, 0.05) is 10.9 Å². The SMILES string of the molecule is NN=NC1C=Cc2nc3ccccc3cc2C1=O. The standard InChI is InChI=1S/C13H10N4O/c14-17-16-12-6-5-11-9(13(12)18)7-8-3-1-2-4-10(8)15-11/h1-7,12H,(H2,14,16). The minimum Gasteiger partial charge on any atom is -0.305 e. The Kier molecular flexibility index (Phi) is 2.37. The van der Waals surface area contributed by atoms with Crippen LogP contribution < -0.4 is 5.84 Å².